The molecule has 0 radical (unpaired) electrons. The molecule has 3 nitrogen and oxygen atoms in total. The summed E-state index contributed by atoms with van der Waals surface area (Å²) >= 11 is 8.85. The summed E-state index contributed by atoms with van der Waals surface area (Å²) < 4.78 is 62.1. The van der Waals surface area contributed by atoms with Crippen molar-refractivity contribution in [3.8, 4) is 0 Å². The highest BCUT2D eigenvalue weighted by molar-refractivity contribution is 9.10. The Morgan fingerprint density at radius 1 is 1.25 bits per heavy atom. The van der Waals surface area contributed by atoms with Gasteiger partial charge in [-0.3, -0.25) is 0 Å². The monoisotopic (exact) mass is 393 g/mol. The van der Waals surface area contributed by atoms with Gasteiger partial charge in [0.15, 0.2) is 0 Å². The topological polar surface area (TPSA) is 46.2 Å². The second-order valence-electron chi connectivity index (χ2n) is 4.05. The number of unbranched alkanes of at least 4 members (excludes halogenated alkanes) is 1. The van der Waals surface area contributed by atoms with Crippen molar-refractivity contribution in [1.82, 2.24) is 4.72 Å². The lowest BCUT2D eigenvalue weighted by Crippen LogP contribution is -2.25. The summed E-state index contributed by atoms with van der Waals surface area (Å²) in [6.45, 7) is -0.0430. The highest BCUT2D eigenvalue weighted by Gasteiger charge is 2.26. The average molecular weight is 395 g/mol. The highest BCUT2D eigenvalue weighted by atomic mass is 79.9. The predicted octanol–water partition coefficient (Wildman–Crippen LogP) is 4.11. The fraction of sp³-hybridized carbons (Fsp3) is 0.455. The quantitative estimate of drug-likeness (QED) is 0.738. The lowest BCUT2D eigenvalue weighted by atomic mass is 10.2. The largest absolute Gasteiger partial charge is 0.389 e. The van der Waals surface area contributed by atoms with E-state index in [9.17, 15) is 21.6 Å². The molecule has 1 rings (SSSR count). The van der Waals surface area contributed by atoms with E-state index in [0.717, 1.165) is 0 Å². The Morgan fingerprint density at radius 3 is 2.45 bits per heavy atom. The van der Waals surface area contributed by atoms with Gasteiger partial charge in [0.25, 0.3) is 0 Å². The van der Waals surface area contributed by atoms with E-state index in [1.165, 1.54) is 18.2 Å². The van der Waals surface area contributed by atoms with Crippen LogP contribution in [0.3, 0.4) is 0 Å². The summed E-state index contributed by atoms with van der Waals surface area (Å²) in [6, 6.07) is 4.08. The normalized spacial score (nSPS) is 12.7. The molecule has 0 unspecified atom stereocenters. The lowest BCUT2D eigenvalue weighted by molar-refractivity contribution is -0.135. The van der Waals surface area contributed by atoms with Gasteiger partial charge >= 0.3 is 6.18 Å². The van der Waals surface area contributed by atoms with Crippen molar-refractivity contribution in [2.45, 2.75) is 30.3 Å². The Balaban J connectivity index is 2.52. The number of alkyl halides is 3. The van der Waals surface area contributed by atoms with Crippen LogP contribution in [0.15, 0.2) is 27.6 Å². The minimum absolute atomic E-state index is 0.00426. The van der Waals surface area contributed by atoms with Crippen molar-refractivity contribution in [3.05, 3.63) is 27.7 Å². The summed E-state index contributed by atoms with van der Waals surface area (Å²) in [4.78, 5) is 0.00426. The molecule has 0 bridgehead atoms. The second-order valence-corrected chi connectivity index (χ2v) is 7.07. The molecule has 1 N–H and O–H groups in total. The minimum atomic E-state index is -4.21. The van der Waals surface area contributed by atoms with Crippen molar-refractivity contribution < 1.29 is 21.6 Å². The molecule has 0 saturated carbocycles. The van der Waals surface area contributed by atoms with Gasteiger partial charge in [-0.25, -0.2) is 13.1 Å². The van der Waals surface area contributed by atoms with Gasteiger partial charge in [0.2, 0.25) is 10.0 Å². The van der Waals surface area contributed by atoms with Crippen LogP contribution >= 0.6 is 27.5 Å². The smallest absolute Gasteiger partial charge is 0.211 e. The van der Waals surface area contributed by atoms with Crippen LogP contribution in [-0.4, -0.2) is 21.1 Å². The van der Waals surface area contributed by atoms with Gasteiger partial charge in [-0.1, -0.05) is 11.6 Å². The SMILES string of the molecule is O=S(=O)(NCCCCC(F)(F)F)c1ccc(Cl)c(Br)c1. The number of nitrogens with one attached hydrogen (secondary N) is 1. The van der Waals surface area contributed by atoms with Crippen molar-refractivity contribution in [2.24, 2.45) is 0 Å². The molecule has 114 valence electrons. The Hall–Kier alpha value is -0.310. The number of halogens is 5. The third kappa shape index (κ3) is 5.99. The van der Waals surface area contributed by atoms with Crippen molar-refractivity contribution in [3.63, 3.8) is 0 Å². The highest BCUT2D eigenvalue weighted by Crippen LogP contribution is 2.25. The van der Waals surface area contributed by atoms with E-state index < -0.39 is 22.6 Å². The Bertz CT molecular complexity index is 563. The molecule has 0 aliphatic carbocycles. The van der Waals surface area contributed by atoms with Gasteiger partial charge in [0, 0.05) is 17.4 Å². The van der Waals surface area contributed by atoms with Crippen LogP contribution in [0.1, 0.15) is 19.3 Å². The van der Waals surface area contributed by atoms with Crippen LogP contribution in [-0.2, 0) is 10.0 Å². The molecule has 0 aliphatic heterocycles. The van der Waals surface area contributed by atoms with E-state index in [2.05, 4.69) is 20.7 Å². The molecule has 0 aliphatic rings. The van der Waals surface area contributed by atoms with Crippen LogP contribution in [0.25, 0.3) is 0 Å². The summed E-state index contributed by atoms with van der Waals surface area (Å²) in [6.07, 6.45) is -5.12. The molecule has 0 atom stereocenters. The fourth-order valence-corrected chi connectivity index (χ4v) is 3.13. The van der Waals surface area contributed by atoms with E-state index in [1.54, 1.807) is 0 Å². The number of rotatable bonds is 6. The van der Waals surface area contributed by atoms with E-state index in [-0.39, 0.29) is 24.3 Å². The number of hydrogen-bond donors (Lipinski definition) is 1. The first kappa shape index (κ1) is 17.7. The molecular weight excluding hydrogens is 383 g/mol. The minimum Gasteiger partial charge on any atom is -0.211 e. The fourth-order valence-electron chi connectivity index (χ4n) is 1.38. The van der Waals surface area contributed by atoms with Gasteiger partial charge < -0.3 is 0 Å². The molecule has 20 heavy (non-hydrogen) atoms. The van der Waals surface area contributed by atoms with E-state index in [1.807, 2.05) is 0 Å². The maximum Gasteiger partial charge on any atom is 0.389 e. The Morgan fingerprint density at radius 2 is 1.90 bits per heavy atom. The van der Waals surface area contributed by atoms with Crippen LogP contribution < -0.4 is 4.72 Å². The van der Waals surface area contributed by atoms with Crippen LogP contribution in [0.2, 0.25) is 5.02 Å². The van der Waals surface area contributed by atoms with Gasteiger partial charge in [0.05, 0.1) is 9.92 Å². The van der Waals surface area contributed by atoms with Crippen molar-refractivity contribution in [1.29, 1.82) is 0 Å². The zero-order valence-corrected chi connectivity index (χ0v) is 13.3. The third-order valence-corrected chi connectivity index (χ3v) is 5.05. The summed E-state index contributed by atoms with van der Waals surface area (Å²) in [5.74, 6) is 0. The summed E-state index contributed by atoms with van der Waals surface area (Å²) in [5.41, 5.74) is 0. The molecule has 9 heteroatoms. The van der Waals surface area contributed by atoms with Crippen molar-refractivity contribution in [2.75, 3.05) is 6.54 Å². The van der Waals surface area contributed by atoms with Crippen molar-refractivity contribution >= 4 is 37.6 Å². The molecule has 0 fully saturated rings. The molecule has 0 saturated heterocycles. The Kier molecular flexibility index (Phi) is 6.30. The third-order valence-electron chi connectivity index (χ3n) is 2.38. The lowest BCUT2D eigenvalue weighted by Gasteiger charge is -2.08. The zero-order chi connectivity index (χ0) is 15.4. The summed E-state index contributed by atoms with van der Waals surface area (Å²) in [5, 5.41) is 0.370. The summed E-state index contributed by atoms with van der Waals surface area (Å²) in [7, 11) is -3.74. The zero-order valence-electron chi connectivity index (χ0n) is 10.2. The first-order valence-corrected chi connectivity index (χ1v) is 8.29. The second kappa shape index (κ2) is 7.11. The van der Waals surface area contributed by atoms with E-state index in [0.29, 0.717) is 9.50 Å². The maximum atomic E-state index is 11.9. The van der Waals surface area contributed by atoms with Crippen LogP contribution in [0.5, 0.6) is 0 Å². The standard InChI is InChI=1S/C11H12BrClF3NO2S/c12-9-7-8(3-4-10(9)13)20(18,19)17-6-2-1-5-11(14,15)16/h3-4,7,17H,1-2,5-6H2. The Labute approximate surface area is 128 Å². The molecule has 1 aromatic rings. The molecule has 0 amide bonds. The molecule has 0 heterocycles. The van der Waals surface area contributed by atoms with E-state index >= 15 is 0 Å². The molecular formula is C11H12BrClF3NO2S. The van der Waals surface area contributed by atoms with Gasteiger partial charge in [-0.2, -0.15) is 13.2 Å². The first-order chi connectivity index (χ1) is 9.12. The van der Waals surface area contributed by atoms with Crippen LogP contribution in [0.4, 0.5) is 13.2 Å². The van der Waals surface area contributed by atoms with E-state index in [4.69, 9.17) is 11.6 Å². The van der Waals surface area contributed by atoms with Crippen LogP contribution in [0, 0.1) is 0 Å². The average Bonchev–Trinajstić information content (AvgIpc) is 2.30. The predicted molar refractivity (Wildman–Crippen MR) is 74.2 cm³/mol. The van der Waals surface area contributed by atoms with Gasteiger partial charge in [-0.15, -0.1) is 0 Å². The maximum absolute atomic E-state index is 11.9. The number of sulfonamides is 1. The number of benzene rings is 1. The molecule has 0 aromatic heterocycles. The number of hydrogen-bond acceptors (Lipinski definition) is 2. The molecule has 0 spiro atoms. The molecule has 1 aromatic carbocycles. The van der Waals surface area contributed by atoms with Gasteiger partial charge in [0.1, 0.15) is 0 Å². The van der Waals surface area contributed by atoms with Gasteiger partial charge in [-0.05, 0) is 47.0 Å². The first-order valence-electron chi connectivity index (χ1n) is 5.63.